The van der Waals surface area contributed by atoms with Crippen LogP contribution in [-0.2, 0) is 20.6 Å². The topological polar surface area (TPSA) is 155 Å². The summed E-state index contributed by atoms with van der Waals surface area (Å²) in [6.45, 7) is 0.231. The fourth-order valence-corrected chi connectivity index (χ4v) is 3.14. The molecule has 2 unspecified atom stereocenters. The van der Waals surface area contributed by atoms with Gasteiger partial charge in [-0.1, -0.05) is 0 Å². The van der Waals surface area contributed by atoms with Crippen molar-refractivity contribution in [3.63, 3.8) is 0 Å². The Morgan fingerprint density at radius 2 is 1.69 bits per heavy atom. The van der Waals surface area contributed by atoms with Gasteiger partial charge in [-0.3, -0.25) is 13.9 Å². The Hall–Kier alpha value is -3.15. The summed E-state index contributed by atoms with van der Waals surface area (Å²) in [6, 6.07) is 3.82. The van der Waals surface area contributed by atoms with Gasteiger partial charge in [0.05, 0.1) is 25.1 Å². The summed E-state index contributed by atoms with van der Waals surface area (Å²) in [5.41, 5.74) is -0.211. The van der Waals surface area contributed by atoms with Crippen molar-refractivity contribution >= 4 is 11.2 Å². The summed E-state index contributed by atoms with van der Waals surface area (Å²) in [5, 5.41) is 42.3. The van der Waals surface area contributed by atoms with Crippen molar-refractivity contribution in [1.82, 2.24) is 24.0 Å². The van der Waals surface area contributed by atoms with E-state index in [0.717, 1.165) is 10.6 Å². The largest absolute Gasteiger partial charge is 0.508 e. The van der Waals surface area contributed by atoms with Crippen LogP contribution in [0.25, 0.3) is 11.2 Å². The minimum atomic E-state index is -1.00. The lowest BCUT2D eigenvalue weighted by molar-refractivity contribution is 0.135. The third-order valence-electron chi connectivity index (χ3n) is 4.65. The van der Waals surface area contributed by atoms with Crippen molar-refractivity contribution in [2.45, 2.75) is 18.8 Å². The zero-order valence-corrected chi connectivity index (χ0v) is 16.0. The highest BCUT2D eigenvalue weighted by Gasteiger charge is 2.17. The second kappa shape index (κ2) is 8.07. The molecule has 0 fully saturated rings. The van der Waals surface area contributed by atoms with Crippen LogP contribution in [0, 0.1) is 0 Å². The van der Waals surface area contributed by atoms with Crippen molar-refractivity contribution in [3.8, 4) is 11.5 Å². The van der Waals surface area contributed by atoms with Crippen LogP contribution in [0.4, 0.5) is 0 Å². The Morgan fingerprint density at radius 3 is 2.34 bits per heavy atom. The molecular formula is C18H23N5O6. The number of nitrogens with zero attached hydrogens (tertiary/aromatic N) is 4. The van der Waals surface area contributed by atoms with Gasteiger partial charge in [-0.05, 0) is 17.7 Å². The molecule has 0 bridgehead atoms. The maximum absolute atomic E-state index is 12.4. The first-order valence-corrected chi connectivity index (χ1v) is 8.89. The van der Waals surface area contributed by atoms with Gasteiger partial charge in [0.25, 0.3) is 5.56 Å². The third-order valence-corrected chi connectivity index (χ3v) is 4.65. The fourth-order valence-electron chi connectivity index (χ4n) is 3.14. The van der Waals surface area contributed by atoms with Crippen LogP contribution in [0.3, 0.4) is 0 Å². The predicted octanol–water partition coefficient (Wildman–Crippen LogP) is -1.47. The molecule has 11 heteroatoms. The van der Waals surface area contributed by atoms with E-state index in [2.05, 4.69) is 10.3 Å². The molecule has 1 aromatic carbocycles. The molecule has 0 saturated heterocycles. The first-order valence-electron chi connectivity index (χ1n) is 8.89. The zero-order chi connectivity index (χ0) is 21.3. The van der Waals surface area contributed by atoms with Crippen LogP contribution in [0.2, 0.25) is 0 Å². The Morgan fingerprint density at radius 1 is 1.03 bits per heavy atom. The van der Waals surface area contributed by atoms with E-state index >= 15 is 0 Å². The van der Waals surface area contributed by atoms with Gasteiger partial charge < -0.3 is 30.3 Å². The van der Waals surface area contributed by atoms with Gasteiger partial charge in [0.1, 0.15) is 11.5 Å². The lowest BCUT2D eigenvalue weighted by Gasteiger charge is -2.16. The van der Waals surface area contributed by atoms with Crippen LogP contribution < -0.4 is 16.6 Å². The van der Waals surface area contributed by atoms with Crippen LogP contribution in [-0.4, -0.2) is 58.3 Å². The Bertz CT molecular complexity index is 1130. The fraction of sp³-hybridized carbons (Fsp3) is 0.389. The Balaban J connectivity index is 1.65. The molecule has 2 heterocycles. The van der Waals surface area contributed by atoms with E-state index < -0.39 is 23.5 Å². The number of aliphatic hydroxyl groups excluding tert-OH is 2. The van der Waals surface area contributed by atoms with E-state index in [1.54, 1.807) is 0 Å². The quantitative estimate of drug-likeness (QED) is 0.319. The highest BCUT2D eigenvalue weighted by Crippen LogP contribution is 2.24. The van der Waals surface area contributed by atoms with Crippen molar-refractivity contribution < 1.29 is 20.4 Å². The maximum atomic E-state index is 12.4. The van der Waals surface area contributed by atoms with Gasteiger partial charge >= 0.3 is 5.69 Å². The molecule has 0 spiro atoms. The van der Waals surface area contributed by atoms with Crippen LogP contribution in [0.1, 0.15) is 11.7 Å². The summed E-state index contributed by atoms with van der Waals surface area (Å²) in [7, 11) is 2.89. The monoisotopic (exact) mass is 405 g/mol. The van der Waals surface area contributed by atoms with E-state index in [-0.39, 0.29) is 42.3 Å². The number of phenolic OH excluding ortho intramolecular Hbond substituents is 2. The van der Waals surface area contributed by atoms with Gasteiger partial charge in [-0.25, -0.2) is 9.78 Å². The molecular weight excluding hydrogens is 382 g/mol. The van der Waals surface area contributed by atoms with Gasteiger partial charge in [-0.15, -0.1) is 0 Å². The number of phenols is 2. The molecule has 156 valence electrons. The smallest absolute Gasteiger partial charge is 0.332 e. The number of imidazole rings is 1. The molecule has 0 radical (unpaired) electrons. The summed E-state index contributed by atoms with van der Waals surface area (Å²) in [6.07, 6.45) is -0.519. The van der Waals surface area contributed by atoms with Crippen LogP contribution >= 0.6 is 0 Å². The molecule has 0 saturated carbocycles. The van der Waals surface area contributed by atoms with E-state index in [1.165, 1.54) is 41.7 Å². The average Bonchev–Trinajstić information content (AvgIpc) is 3.07. The maximum Gasteiger partial charge on any atom is 0.332 e. The summed E-state index contributed by atoms with van der Waals surface area (Å²) in [4.78, 5) is 28.5. The molecule has 2 aromatic heterocycles. The summed E-state index contributed by atoms with van der Waals surface area (Å²) in [5.74, 6) is -0.330. The number of nitrogens with one attached hydrogen (secondary N) is 1. The van der Waals surface area contributed by atoms with Crippen molar-refractivity contribution in [2.75, 3.05) is 13.1 Å². The highest BCUT2D eigenvalue weighted by atomic mass is 16.3. The van der Waals surface area contributed by atoms with Crippen LogP contribution in [0.15, 0.2) is 34.1 Å². The predicted molar refractivity (Wildman–Crippen MR) is 104 cm³/mol. The van der Waals surface area contributed by atoms with E-state index in [4.69, 9.17) is 0 Å². The Labute approximate surface area is 164 Å². The number of aliphatic hydroxyl groups is 2. The molecule has 0 amide bonds. The number of fused-ring (bicyclic) bond motifs is 1. The lowest BCUT2D eigenvalue weighted by atomic mass is 10.1. The number of hydrogen-bond donors (Lipinski definition) is 5. The van der Waals surface area contributed by atoms with Gasteiger partial charge in [-0.2, -0.15) is 0 Å². The molecule has 11 nitrogen and oxygen atoms in total. The lowest BCUT2D eigenvalue weighted by Crippen LogP contribution is -2.38. The van der Waals surface area contributed by atoms with Crippen molar-refractivity contribution in [2.24, 2.45) is 14.1 Å². The second-order valence-electron chi connectivity index (χ2n) is 6.89. The number of aryl methyl sites for hydroxylation is 1. The van der Waals surface area contributed by atoms with Crippen molar-refractivity contribution in [3.05, 3.63) is 50.9 Å². The number of aromatic nitrogens is 4. The minimum absolute atomic E-state index is 0.0555. The molecule has 2 atom stereocenters. The van der Waals surface area contributed by atoms with Gasteiger partial charge in [0.2, 0.25) is 0 Å². The number of benzene rings is 1. The SMILES string of the molecule is Cn1c(=O)c2c(ncn2CC(O)CNCC(O)c2cc(O)cc(O)c2)n(C)c1=O. The van der Waals surface area contributed by atoms with Gasteiger partial charge in [0, 0.05) is 33.3 Å². The summed E-state index contributed by atoms with van der Waals surface area (Å²) < 4.78 is 3.72. The van der Waals surface area contributed by atoms with Crippen LogP contribution in [0.5, 0.6) is 11.5 Å². The van der Waals surface area contributed by atoms with E-state index in [1.807, 2.05) is 0 Å². The molecule has 3 aromatic rings. The molecule has 0 aliphatic heterocycles. The molecule has 3 rings (SSSR count). The zero-order valence-electron chi connectivity index (χ0n) is 16.0. The van der Waals surface area contributed by atoms with E-state index in [9.17, 15) is 30.0 Å². The minimum Gasteiger partial charge on any atom is -0.508 e. The first-order chi connectivity index (χ1) is 13.7. The third kappa shape index (κ3) is 4.16. The van der Waals surface area contributed by atoms with Crippen molar-refractivity contribution in [1.29, 1.82) is 0 Å². The normalized spacial score (nSPS) is 13.7. The number of aromatic hydroxyl groups is 2. The molecule has 0 aliphatic rings. The second-order valence-corrected chi connectivity index (χ2v) is 6.89. The first kappa shape index (κ1) is 20.6. The average molecular weight is 405 g/mol. The molecule has 5 N–H and O–H groups in total. The Kier molecular flexibility index (Phi) is 5.73. The van der Waals surface area contributed by atoms with Gasteiger partial charge in [0.15, 0.2) is 11.2 Å². The highest BCUT2D eigenvalue weighted by molar-refractivity contribution is 5.69. The summed E-state index contributed by atoms with van der Waals surface area (Å²) >= 11 is 0. The number of rotatable bonds is 7. The standard InChI is InChI=1S/C18H23N5O6/c1-21-16-15(17(28)22(2)18(21)29)23(9-20-16)8-13(26)6-19-7-14(27)10-3-11(24)5-12(25)4-10/h3-5,9,13-14,19,24-27H,6-8H2,1-2H3. The molecule has 29 heavy (non-hydrogen) atoms. The molecule has 0 aliphatic carbocycles. The number of hydrogen-bond acceptors (Lipinski definition) is 8. The van der Waals surface area contributed by atoms with E-state index in [0.29, 0.717) is 5.56 Å².